The lowest BCUT2D eigenvalue weighted by molar-refractivity contribution is -0.146. The molecule has 0 saturated carbocycles. The van der Waals surface area contributed by atoms with Crippen molar-refractivity contribution >= 4 is 18.4 Å². The molecule has 0 radical (unpaired) electrons. The number of rotatable bonds is 9. The molecule has 2 N–H and O–H groups in total. The average molecular weight is 330 g/mol. The third kappa shape index (κ3) is 8.37. The second-order valence-electron chi connectivity index (χ2n) is 5.85. The highest BCUT2D eigenvalue weighted by Gasteiger charge is 2.15. The Morgan fingerprint density at radius 3 is 2.14 bits per heavy atom. The van der Waals surface area contributed by atoms with E-state index in [2.05, 4.69) is 13.8 Å². The van der Waals surface area contributed by atoms with Crippen LogP contribution in [0.25, 0.3) is 0 Å². The van der Waals surface area contributed by atoms with Gasteiger partial charge in [0.25, 0.3) is 0 Å². The molecule has 5 heteroatoms. The van der Waals surface area contributed by atoms with Gasteiger partial charge < -0.3 is 15.2 Å². The van der Waals surface area contributed by atoms with Gasteiger partial charge in [-0.2, -0.15) is 0 Å². The van der Waals surface area contributed by atoms with Crippen LogP contribution in [0.15, 0.2) is 24.3 Å². The van der Waals surface area contributed by atoms with Gasteiger partial charge in [-0.1, -0.05) is 38.1 Å². The van der Waals surface area contributed by atoms with Crippen molar-refractivity contribution in [2.45, 2.75) is 39.9 Å². The summed E-state index contributed by atoms with van der Waals surface area (Å²) in [5.74, 6) is 0.577. The van der Waals surface area contributed by atoms with Gasteiger partial charge in [0.15, 0.2) is 0 Å². The lowest BCUT2D eigenvalue weighted by Crippen LogP contribution is -2.21. The fourth-order valence-corrected chi connectivity index (χ4v) is 2.29. The summed E-state index contributed by atoms with van der Waals surface area (Å²) in [6.45, 7) is 5.70. The van der Waals surface area contributed by atoms with Gasteiger partial charge in [-0.05, 0) is 35.9 Å². The third-order valence-electron chi connectivity index (χ3n) is 3.33. The van der Waals surface area contributed by atoms with E-state index in [1.54, 1.807) is 7.11 Å². The number of carbonyl (C=O) groups excluding carboxylic acids is 1. The molecule has 1 rings (SSSR count). The monoisotopic (exact) mass is 329 g/mol. The molecule has 126 valence electrons. The maximum atomic E-state index is 11.8. The Kier molecular flexibility index (Phi) is 10.9. The van der Waals surface area contributed by atoms with Crippen LogP contribution in [0.4, 0.5) is 0 Å². The lowest BCUT2D eigenvalue weighted by atomic mass is 9.94. The molecular formula is C17H28ClNO3. The first-order chi connectivity index (χ1) is 10.0. The third-order valence-corrected chi connectivity index (χ3v) is 3.33. The van der Waals surface area contributed by atoms with Gasteiger partial charge in [0.2, 0.25) is 0 Å². The van der Waals surface area contributed by atoms with E-state index in [-0.39, 0.29) is 24.3 Å². The van der Waals surface area contributed by atoms with Crippen LogP contribution in [-0.2, 0) is 27.5 Å². The topological polar surface area (TPSA) is 61.5 Å². The maximum absolute atomic E-state index is 11.8. The average Bonchev–Trinajstić information content (AvgIpc) is 2.45. The number of nitrogens with two attached hydrogens (primary N) is 1. The zero-order chi connectivity index (χ0) is 15.7. The van der Waals surface area contributed by atoms with E-state index in [0.717, 1.165) is 17.5 Å². The van der Waals surface area contributed by atoms with Crippen molar-refractivity contribution in [2.24, 2.45) is 17.6 Å². The first-order valence-corrected chi connectivity index (χ1v) is 7.47. The highest BCUT2D eigenvalue weighted by Crippen LogP contribution is 2.15. The van der Waals surface area contributed by atoms with E-state index in [9.17, 15) is 4.79 Å². The normalized spacial score (nSPS) is 11.9. The zero-order valence-corrected chi connectivity index (χ0v) is 14.5. The van der Waals surface area contributed by atoms with E-state index in [1.807, 2.05) is 24.3 Å². The Morgan fingerprint density at radius 1 is 1.14 bits per heavy atom. The Morgan fingerprint density at radius 2 is 1.68 bits per heavy atom. The van der Waals surface area contributed by atoms with Gasteiger partial charge in [-0.25, -0.2) is 0 Å². The first kappa shape index (κ1) is 20.9. The van der Waals surface area contributed by atoms with E-state index in [4.69, 9.17) is 15.2 Å². The van der Waals surface area contributed by atoms with Gasteiger partial charge in [0.05, 0.1) is 6.61 Å². The molecule has 0 bridgehead atoms. The molecule has 0 spiro atoms. The van der Waals surface area contributed by atoms with Gasteiger partial charge in [-0.3, -0.25) is 4.79 Å². The smallest absolute Gasteiger partial charge is 0.306 e. The van der Waals surface area contributed by atoms with Crippen molar-refractivity contribution in [2.75, 3.05) is 13.7 Å². The maximum Gasteiger partial charge on any atom is 0.306 e. The molecule has 0 saturated heterocycles. The van der Waals surface area contributed by atoms with Crippen molar-refractivity contribution in [3.05, 3.63) is 35.4 Å². The standard InChI is InChI=1S/C17H27NO3.ClH/c1-13(2)8-16(10-18)9-17(19)21-12-15-6-4-14(5-7-15)11-20-3;/h4-7,13,16H,8-12,18H2,1-3H3;1H/t16-;/m0./s1. The molecule has 0 unspecified atom stereocenters. The molecule has 0 heterocycles. The Labute approximate surface area is 139 Å². The van der Waals surface area contributed by atoms with Crippen LogP contribution in [0.3, 0.4) is 0 Å². The summed E-state index contributed by atoms with van der Waals surface area (Å²) in [5.41, 5.74) is 7.79. The summed E-state index contributed by atoms with van der Waals surface area (Å²) in [7, 11) is 1.67. The van der Waals surface area contributed by atoms with Gasteiger partial charge in [0.1, 0.15) is 6.61 Å². The minimum Gasteiger partial charge on any atom is -0.461 e. The molecule has 0 aliphatic carbocycles. The number of hydrogen-bond acceptors (Lipinski definition) is 4. The minimum absolute atomic E-state index is 0. The van der Waals surface area contributed by atoms with Crippen LogP contribution < -0.4 is 5.73 Å². The Balaban J connectivity index is 0.00000441. The highest BCUT2D eigenvalue weighted by atomic mass is 35.5. The fourth-order valence-electron chi connectivity index (χ4n) is 2.29. The quantitative estimate of drug-likeness (QED) is 0.706. The van der Waals surface area contributed by atoms with E-state index in [0.29, 0.717) is 32.1 Å². The molecule has 0 amide bonds. The molecule has 0 fully saturated rings. The SMILES string of the molecule is COCc1ccc(COC(=O)C[C@@H](CN)CC(C)C)cc1.Cl. The first-order valence-electron chi connectivity index (χ1n) is 7.47. The van der Waals surface area contributed by atoms with Crippen molar-refractivity contribution in [1.29, 1.82) is 0 Å². The summed E-state index contributed by atoms with van der Waals surface area (Å²) < 4.78 is 10.4. The number of ether oxygens (including phenoxy) is 2. The Hall–Kier alpha value is -1.10. The predicted molar refractivity (Wildman–Crippen MR) is 90.8 cm³/mol. The van der Waals surface area contributed by atoms with E-state index >= 15 is 0 Å². The van der Waals surface area contributed by atoms with Crippen molar-refractivity contribution in [1.82, 2.24) is 0 Å². The largest absolute Gasteiger partial charge is 0.461 e. The number of esters is 1. The van der Waals surface area contributed by atoms with Crippen molar-refractivity contribution in [3.63, 3.8) is 0 Å². The highest BCUT2D eigenvalue weighted by molar-refractivity contribution is 5.85. The molecule has 0 aromatic heterocycles. The predicted octanol–water partition coefficient (Wildman–Crippen LogP) is 3.31. The summed E-state index contributed by atoms with van der Waals surface area (Å²) in [5, 5.41) is 0. The number of benzene rings is 1. The number of hydrogen-bond donors (Lipinski definition) is 1. The molecule has 4 nitrogen and oxygen atoms in total. The molecule has 0 aliphatic rings. The van der Waals surface area contributed by atoms with E-state index in [1.165, 1.54) is 0 Å². The van der Waals surface area contributed by atoms with Crippen LogP contribution in [0.2, 0.25) is 0 Å². The molecule has 1 atom stereocenters. The van der Waals surface area contributed by atoms with Gasteiger partial charge in [0, 0.05) is 13.5 Å². The number of carbonyl (C=O) groups is 1. The molecule has 0 aliphatic heterocycles. The lowest BCUT2D eigenvalue weighted by Gasteiger charge is -2.16. The van der Waals surface area contributed by atoms with E-state index < -0.39 is 0 Å². The second kappa shape index (κ2) is 11.5. The summed E-state index contributed by atoms with van der Waals surface area (Å²) in [6.07, 6.45) is 1.35. The second-order valence-corrected chi connectivity index (χ2v) is 5.85. The van der Waals surface area contributed by atoms with Crippen LogP contribution in [0.1, 0.15) is 37.8 Å². The molecular weight excluding hydrogens is 302 g/mol. The van der Waals surface area contributed by atoms with Gasteiger partial charge in [-0.15, -0.1) is 12.4 Å². The fraction of sp³-hybridized carbons (Fsp3) is 0.588. The zero-order valence-electron chi connectivity index (χ0n) is 13.7. The minimum atomic E-state index is -0.174. The number of methoxy groups -OCH3 is 1. The van der Waals surface area contributed by atoms with Crippen LogP contribution in [-0.4, -0.2) is 19.6 Å². The summed E-state index contributed by atoms with van der Waals surface area (Å²) in [6, 6.07) is 7.87. The Bertz CT molecular complexity index is 420. The van der Waals surface area contributed by atoms with Crippen LogP contribution in [0, 0.1) is 11.8 Å². The summed E-state index contributed by atoms with van der Waals surface area (Å²) >= 11 is 0. The van der Waals surface area contributed by atoms with Crippen LogP contribution in [0.5, 0.6) is 0 Å². The molecule has 1 aromatic rings. The summed E-state index contributed by atoms with van der Waals surface area (Å²) in [4.78, 5) is 11.8. The molecule has 22 heavy (non-hydrogen) atoms. The molecule has 1 aromatic carbocycles. The van der Waals surface area contributed by atoms with Gasteiger partial charge >= 0.3 is 5.97 Å². The number of halogens is 1. The van der Waals surface area contributed by atoms with Crippen molar-refractivity contribution in [3.8, 4) is 0 Å². The van der Waals surface area contributed by atoms with Crippen LogP contribution >= 0.6 is 12.4 Å². The van der Waals surface area contributed by atoms with Crippen molar-refractivity contribution < 1.29 is 14.3 Å².